The second kappa shape index (κ2) is 3.65. The SMILES string of the molecule is CC[SiH]P. The van der Waals surface area contributed by atoms with E-state index in [1.54, 1.807) is 0 Å². The second-order valence-corrected chi connectivity index (χ2v) is 3.35. The van der Waals surface area contributed by atoms with E-state index in [9.17, 15) is 0 Å². The van der Waals surface area contributed by atoms with E-state index < -0.39 is 0 Å². The highest BCUT2D eigenvalue weighted by Crippen LogP contribution is 1.77. The predicted octanol–water partition coefficient (Wildman–Crippen LogP) is 0.651. The first kappa shape index (κ1) is 4.65. The van der Waals surface area contributed by atoms with Crippen molar-refractivity contribution in [1.29, 1.82) is 0 Å². The Hall–Kier alpha value is 0.647. The van der Waals surface area contributed by atoms with Crippen LogP contribution in [-0.4, -0.2) is 9.19 Å². The van der Waals surface area contributed by atoms with Gasteiger partial charge in [-0.25, -0.2) is 0 Å². The molecular weight excluding hydrogens is 83.1 g/mol. The molecule has 0 aromatic rings. The first-order valence-electron chi connectivity index (χ1n) is 1.45. The van der Waals surface area contributed by atoms with Gasteiger partial charge in [0, 0.05) is 0 Å². The molecule has 0 aromatic heterocycles. The predicted molar refractivity (Wildman–Crippen MR) is 27.3 cm³/mol. The molecule has 0 nitrogen and oxygen atoms in total. The Morgan fingerprint density at radius 3 is 2.25 bits per heavy atom. The van der Waals surface area contributed by atoms with Gasteiger partial charge in [0.25, 0.3) is 0 Å². The Morgan fingerprint density at radius 2 is 2.25 bits per heavy atom. The van der Waals surface area contributed by atoms with E-state index in [1.807, 2.05) is 0 Å². The molecule has 4 heavy (non-hydrogen) atoms. The van der Waals surface area contributed by atoms with Crippen molar-refractivity contribution < 1.29 is 0 Å². The minimum absolute atomic E-state index is 0.699. The Kier molecular flexibility index (Phi) is 4.24. The Balaban J connectivity index is 1.97. The smallest absolute Gasteiger partial charge is 0.0529 e. The van der Waals surface area contributed by atoms with Crippen LogP contribution in [0.4, 0.5) is 0 Å². The quantitative estimate of drug-likeness (QED) is 0.328. The third kappa shape index (κ3) is 2.65. The zero-order valence-corrected chi connectivity index (χ0v) is 5.17. The van der Waals surface area contributed by atoms with Crippen molar-refractivity contribution in [3.63, 3.8) is 0 Å². The van der Waals surface area contributed by atoms with Gasteiger partial charge >= 0.3 is 0 Å². The van der Waals surface area contributed by atoms with E-state index in [4.69, 9.17) is 0 Å². The molecule has 1 radical (unpaired) electrons. The van der Waals surface area contributed by atoms with Gasteiger partial charge < -0.3 is 0 Å². The van der Waals surface area contributed by atoms with Crippen LogP contribution in [-0.2, 0) is 0 Å². The minimum atomic E-state index is 0.699. The molecule has 0 aliphatic heterocycles. The maximum atomic E-state index is 2.74. The fraction of sp³-hybridized carbons (Fsp3) is 1.00. The van der Waals surface area contributed by atoms with Gasteiger partial charge in [0.2, 0.25) is 0 Å². The van der Waals surface area contributed by atoms with Crippen molar-refractivity contribution in [2.24, 2.45) is 0 Å². The highest BCUT2D eigenvalue weighted by molar-refractivity contribution is 7.55. The Bertz CT molecular complexity index is 8.00. The molecule has 0 rings (SSSR count). The largest absolute Gasteiger partial charge is 0.154 e. The topological polar surface area (TPSA) is 0 Å². The first-order chi connectivity index (χ1) is 1.91. The molecule has 2 heteroatoms. The molecule has 0 spiro atoms. The van der Waals surface area contributed by atoms with E-state index in [0.717, 1.165) is 0 Å². The third-order valence-electron chi connectivity index (χ3n) is 0.236. The van der Waals surface area contributed by atoms with Crippen LogP contribution >= 0.6 is 8.79 Å². The summed E-state index contributed by atoms with van der Waals surface area (Å²) >= 11 is 0. The Labute approximate surface area is 31.9 Å². The highest BCUT2D eigenvalue weighted by Gasteiger charge is 1.59. The zero-order valence-electron chi connectivity index (χ0n) is 2.86. The molecule has 0 saturated carbocycles. The molecule has 0 fully saturated rings. The summed E-state index contributed by atoms with van der Waals surface area (Å²) in [4.78, 5) is 0. The lowest BCUT2D eigenvalue weighted by Crippen LogP contribution is -1.60. The number of hydrogen-bond donors (Lipinski definition) is 0. The molecule has 0 aliphatic carbocycles. The molecule has 0 heterocycles. The third-order valence-corrected chi connectivity index (χ3v) is 2.12. The molecule has 0 saturated heterocycles. The van der Waals surface area contributed by atoms with Crippen LogP contribution in [0.2, 0.25) is 6.04 Å². The van der Waals surface area contributed by atoms with Crippen molar-refractivity contribution in [1.82, 2.24) is 0 Å². The lowest BCUT2D eigenvalue weighted by atomic mass is 11.0. The molecule has 0 bridgehead atoms. The van der Waals surface area contributed by atoms with E-state index >= 15 is 0 Å². The molecule has 0 amide bonds. The van der Waals surface area contributed by atoms with E-state index in [2.05, 4.69) is 15.7 Å². The molecule has 1 atom stereocenters. The summed E-state index contributed by atoms with van der Waals surface area (Å²) in [5.41, 5.74) is 0. The van der Waals surface area contributed by atoms with Gasteiger partial charge in [-0.3, -0.25) is 0 Å². The van der Waals surface area contributed by atoms with Crippen molar-refractivity contribution in [2.75, 3.05) is 0 Å². The summed E-state index contributed by atoms with van der Waals surface area (Å²) in [6.45, 7) is 2.20. The fourth-order valence-electron chi connectivity index (χ4n) is 0. The molecule has 1 unspecified atom stereocenters. The van der Waals surface area contributed by atoms with Crippen LogP contribution in [0.3, 0.4) is 0 Å². The van der Waals surface area contributed by atoms with Crippen LogP contribution in [0.1, 0.15) is 6.92 Å². The second-order valence-electron chi connectivity index (χ2n) is 0.644. The van der Waals surface area contributed by atoms with Crippen molar-refractivity contribution >= 4 is 18.0 Å². The standard InChI is InChI=1S/C2H8PSi/c1-2-4-3/h4H,2-3H2,1H3. The molecule has 0 aliphatic rings. The summed E-state index contributed by atoms with van der Waals surface area (Å²) in [5.74, 6) is 0. The summed E-state index contributed by atoms with van der Waals surface area (Å²) in [5, 5.41) is 0. The average Bonchev–Trinajstić information content (AvgIpc) is 1.37. The number of rotatable bonds is 1. The summed E-state index contributed by atoms with van der Waals surface area (Å²) in [6.07, 6.45) is 0. The van der Waals surface area contributed by atoms with Gasteiger partial charge in [0.15, 0.2) is 0 Å². The fourth-order valence-corrected chi connectivity index (χ4v) is 0. The van der Waals surface area contributed by atoms with Crippen LogP contribution in [0.25, 0.3) is 0 Å². The molecule has 25 valence electrons. The van der Waals surface area contributed by atoms with Gasteiger partial charge in [0.1, 0.15) is 0 Å². The lowest BCUT2D eigenvalue weighted by Gasteiger charge is -1.65. The summed E-state index contributed by atoms with van der Waals surface area (Å²) in [6, 6.07) is 1.37. The lowest BCUT2D eigenvalue weighted by molar-refractivity contribution is 1.48. The van der Waals surface area contributed by atoms with E-state index in [-0.39, 0.29) is 0 Å². The van der Waals surface area contributed by atoms with Crippen molar-refractivity contribution in [2.45, 2.75) is 13.0 Å². The normalized spacial score (nSPS) is 7.50. The van der Waals surface area contributed by atoms with Crippen LogP contribution < -0.4 is 0 Å². The monoisotopic (exact) mass is 91.0 g/mol. The molecule has 0 N–H and O–H groups in total. The van der Waals surface area contributed by atoms with E-state index in [0.29, 0.717) is 9.19 Å². The molecular formula is C2H8PSi. The van der Waals surface area contributed by atoms with Gasteiger partial charge in [-0.05, 0) is 0 Å². The maximum Gasteiger partial charge on any atom is 0.0529 e. The highest BCUT2D eigenvalue weighted by atomic mass is 31.3. The van der Waals surface area contributed by atoms with Crippen molar-refractivity contribution in [3.8, 4) is 0 Å². The Morgan fingerprint density at radius 1 is 2.00 bits per heavy atom. The van der Waals surface area contributed by atoms with Crippen LogP contribution in [0, 0.1) is 0 Å². The summed E-state index contributed by atoms with van der Waals surface area (Å²) in [7, 11) is 3.44. The minimum Gasteiger partial charge on any atom is -0.154 e. The number of hydrogen-bond acceptors (Lipinski definition) is 0. The van der Waals surface area contributed by atoms with Crippen LogP contribution in [0.5, 0.6) is 0 Å². The summed E-state index contributed by atoms with van der Waals surface area (Å²) < 4.78 is 0. The first-order valence-corrected chi connectivity index (χ1v) is 4.93. The van der Waals surface area contributed by atoms with E-state index in [1.165, 1.54) is 6.04 Å². The maximum absolute atomic E-state index is 2.74. The molecule has 0 aromatic carbocycles. The van der Waals surface area contributed by atoms with Crippen molar-refractivity contribution in [3.05, 3.63) is 0 Å². The van der Waals surface area contributed by atoms with Gasteiger partial charge in [-0.1, -0.05) is 13.0 Å². The average molecular weight is 91.1 g/mol. The van der Waals surface area contributed by atoms with Gasteiger partial charge in [-0.2, -0.15) is 8.79 Å². The van der Waals surface area contributed by atoms with Gasteiger partial charge in [-0.15, -0.1) is 0 Å². The zero-order chi connectivity index (χ0) is 3.41. The van der Waals surface area contributed by atoms with Crippen LogP contribution in [0.15, 0.2) is 0 Å². The van der Waals surface area contributed by atoms with Gasteiger partial charge in [0.05, 0.1) is 9.19 Å².